The van der Waals surface area contributed by atoms with Crippen molar-refractivity contribution in [2.24, 2.45) is 0 Å². The van der Waals surface area contributed by atoms with Crippen LogP contribution in [-0.4, -0.2) is 193 Å². The van der Waals surface area contributed by atoms with E-state index in [0.717, 1.165) is 103 Å². The zero-order valence-electron chi connectivity index (χ0n) is 49.1. The highest BCUT2D eigenvalue weighted by molar-refractivity contribution is 5.76. The Balaban J connectivity index is 1.30. The first-order valence-corrected chi connectivity index (χ1v) is 30.3. The molecular formula is C64H103NO18. The number of carbonyl (C=O) groups is 1. The number of aliphatic hydroxyl groups excluding tert-OH is 11. The van der Waals surface area contributed by atoms with Crippen molar-refractivity contribution in [2.75, 3.05) is 26.4 Å². The second-order valence-corrected chi connectivity index (χ2v) is 21.1. The molecule has 3 rings (SSSR count). The smallest absolute Gasteiger partial charge is 0.220 e. The maximum Gasteiger partial charge on any atom is 0.220 e. The van der Waals surface area contributed by atoms with Gasteiger partial charge in [0.15, 0.2) is 18.9 Å². The average Bonchev–Trinajstić information content (AvgIpc) is 3.28. The summed E-state index contributed by atoms with van der Waals surface area (Å²) in [7, 11) is 0. The summed E-state index contributed by atoms with van der Waals surface area (Å²) in [5.41, 5.74) is 0. The highest BCUT2D eigenvalue weighted by Gasteiger charge is 2.53. The molecule has 3 saturated heterocycles. The minimum absolute atomic E-state index is 0.224. The molecule has 12 N–H and O–H groups in total. The molecule has 0 saturated carbocycles. The zero-order chi connectivity index (χ0) is 60.5. The summed E-state index contributed by atoms with van der Waals surface area (Å²) in [6, 6.07) is -0.905. The lowest BCUT2D eigenvalue weighted by atomic mass is 9.96. The van der Waals surface area contributed by atoms with Gasteiger partial charge in [0.25, 0.3) is 0 Å². The van der Waals surface area contributed by atoms with Gasteiger partial charge < -0.3 is 89.9 Å². The van der Waals surface area contributed by atoms with Crippen LogP contribution in [0.15, 0.2) is 122 Å². The molecule has 17 unspecified atom stereocenters. The quantitative estimate of drug-likeness (QED) is 0.0258. The van der Waals surface area contributed by atoms with Crippen molar-refractivity contribution in [3.05, 3.63) is 122 Å². The summed E-state index contributed by atoms with van der Waals surface area (Å²) in [4.78, 5) is 13.1. The Morgan fingerprint density at radius 2 is 0.831 bits per heavy atom. The first-order valence-electron chi connectivity index (χ1n) is 30.3. The molecule has 83 heavy (non-hydrogen) atoms. The van der Waals surface area contributed by atoms with Crippen LogP contribution >= 0.6 is 0 Å². The standard InChI is InChI=1S/C64H103NO18/c1-3-5-7-8-9-10-11-12-13-14-15-16-17-18-19-20-21-22-23-24-25-26-27-28-29-30-31-32-33-34-35-36-37-38-40-42-52(70)65-47(48(69)41-39-6-4-2)46-78-62-58(76)55(73)60(50(44-67)80-62)83-64-59(77)56(74)61(51(45-68)81-64)82-63-57(75)54(72)53(71)49(43-66)79-63/h5,7,9-10,12-13,15-16,18-19,21-22,24-25,27-28,30-31,33-34,47-51,53-64,66-69,71-77H,3-4,6,8,11,14,17,20,23,26,29,32,35-46H2,1-2H3,(H,65,70)/b7-5-,10-9-,13-12-,16-15-,19-18-,22-21-,25-24-,28-27-,31-30-,34-33-. The van der Waals surface area contributed by atoms with E-state index in [1.807, 2.05) is 6.92 Å². The van der Waals surface area contributed by atoms with Gasteiger partial charge in [0, 0.05) is 6.42 Å². The highest BCUT2D eigenvalue weighted by Crippen LogP contribution is 2.33. The molecule has 19 heteroatoms. The molecule has 0 aromatic heterocycles. The molecular weight excluding hydrogens is 1070 g/mol. The van der Waals surface area contributed by atoms with Gasteiger partial charge in [-0.1, -0.05) is 167 Å². The Morgan fingerprint density at radius 1 is 0.446 bits per heavy atom. The summed E-state index contributed by atoms with van der Waals surface area (Å²) < 4.78 is 34.0. The summed E-state index contributed by atoms with van der Waals surface area (Å²) >= 11 is 0. The predicted octanol–water partition coefficient (Wildman–Crippen LogP) is 5.70. The second kappa shape index (κ2) is 45.5. The highest BCUT2D eigenvalue weighted by atomic mass is 16.8. The van der Waals surface area contributed by atoms with Crippen LogP contribution in [0.4, 0.5) is 0 Å². The summed E-state index contributed by atoms with van der Waals surface area (Å²) in [6.07, 6.45) is 34.3. The first-order chi connectivity index (χ1) is 40.3. The minimum Gasteiger partial charge on any atom is -0.394 e. The van der Waals surface area contributed by atoms with Crippen LogP contribution in [0.5, 0.6) is 0 Å². The maximum absolute atomic E-state index is 13.1. The van der Waals surface area contributed by atoms with Crippen LogP contribution in [0.25, 0.3) is 0 Å². The van der Waals surface area contributed by atoms with Crippen molar-refractivity contribution in [2.45, 2.75) is 247 Å². The molecule has 19 nitrogen and oxygen atoms in total. The Bertz CT molecular complexity index is 1980. The number of allylic oxidation sites excluding steroid dienone is 20. The lowest BCUT2D eigenvalue weighted by molar-refractivity contribution is -0.379. The van der Waals surface area contributed by atoms with Gasteiger partial charge in [-0.3, -0.25) is 4.79 Å². The van der Waals surface area contributed by atoms with Crippen molar-refractivity contribution >= 4 is 5.91 Å². The van der Waals surface area contributed by atoms with Crippen molar-refractivity contribution < 1.29 is 89.4 Å². The van der Waals surface area contributed by atoms with Crippen LogP contribution in [-0.2, 0) is 33.2 Å². The van der Waals surface area contributed by atoms with E-state index in [-0.39, 0.29) is 18.9 Å². The largest absolute Gasteiger partial charge is 0.394 e. The normalized spacial score (nSPS) is 30.3. The summed E-state index contributed by atoms with van der Waals surface area (Å²) in [6.45, 7) is 1.42. The van der Waals surface area contributed by atoms with Crippen LogP contribution in [0.1, 0.15) is 142 Å². The third-order valence-electron chi connectivity index (χ3n) is 14.3. The summed E-state index contributed by atoms with van der Waals surface area (Å²) in [5, 5.41) is 119. The molecule has 3 aliphatic rings. The van der Waals surface area contributed by atoms with E-state index in [2.05, 4.69) is 134 Å². The molecule has 0 spiro atoms. The first kappa shape index (κ1) is 73.4. The monoisotopic (exact) mass is 1170 g/mol. The van der Waals surface area contributed by atoms with Crippen LogP contribution in [0.3, 0.4) is 0 Å². The zero-order valence-corrected chi connectivity index (χ0v) is 49.1. The fraction of sp³-hybridized carbons (Fsp3) is 0.672. The number of rotatable bonds is 42. The number of nitrogens with one attached hydrogen (secondary N) is 1. The van der Waals surface area contributed by atoms with Crippen molar-refractivity contribution in [1.82, 2.24) is 5.32 Å². The van der Waals surface area contributed by atoms with Crippen molar-refractivity contribution in [3.63, 3.8) is 0 Å². The number of hydrogen-bond acceptors (Lipinski definition) is 18. The Hall–Kier alpha value is -3.81. The molecule has 3 aliphatic heterocycles. The Labute approximate surface area is 493 Å². The fourth-order valence-corrected chi connectivity index (χ4v) is 9.34. The molecule has 0 bridgehead atoms. The third kappa shape index (κ3) is 29.0. The summed E-state index contributed by atoms with van der Waals surface area (Å²) in [5.74, 6) is -0.287. The molecule has 0 aromatic carbocycles. The van der Waals surface area contributed by atoms with E-state index in [0.29, 0.717) is 19.3 Å². The molecule has 1 amide bonds. The Kier molecular flexibility index (Phi) is 40.3. The van der Waals surface area contributed by atoms with Crippen molar-refractivity contribution in [1.29, 1.82) is 0 Å². The van der Waals surface area contributed by atoms with Gasteiger partial charge in [0.2, 0.25) is 5.91 Å². The number of unbranched alkanes of at least 4 members (excludes halogenated alkanes) is 6. The van der Waals surface area contributed by atoms with E-state index in [1.165, 1.54) is 0 Å². The van der Waals surface area contributed by atoms with E-state index in [1.54, 1.807) is 0 Å². The van der Waals surface area contributed by atoms with Gasteiger partial charge in [-0.2, -0.15) is 0 Å². The van der Waals surface area contributed by atoms with Gasteiger partial charge in [-0.05, 0) is 89.9 Å². The van der Waals surface area contributed by atoms with Gasteiger partial charge >= 0.3 is 0 Å². The molecule has 3 heterocycles. The lowest BCUT2D eigenvalue weighted by Crippen LogP contribution is -2.66. The number of hydrogen-bond donors (Lipinski definition) is 12. The van der Waals surface area contributed by atoms with E-state index < -0.39 is 124 Å². The molecule has 0 radical (unpaired) electrons. The van der Waals surface area contributed by atoms with Crippen molar-refractivity contribution in [3.8, 4) is 0 Å². The molecule has 17 atom stereocenters. The number of amides is 1. The number of ether oxygens (including phenoxy) is 6. The van der Waals surface area contributed by atoms with Crippen LogP contribution in [0, 0.1) is 0 Å². The SMILES string of the molecule is CC/C=C\C/C=C\C/C=C\C/C=C\C/C=C\C/C=C\C/C=C\C/C=C\C/C=C\C/C=C\CCCCCCC(=O)NC(COC1OC(CO)C(OC2OC(CO)C(OC3OC(CO)C(O)C(O)C3O)C(O)C2O)C(O)C1O)C(O)CCCCC. The lowest BCUT2D eigenvalue weighted by Gasteiger charge is -2.48. The van der Waals surface area contributed by atoms with Gasteiger partial charge in [-0.15, -0.1) is 0 Å². The van der Waals surface area contributed by atoms with E-state index in [9.17, 15) is 61.0 Å². The van der Waals surface area contributed by atoms with Gasteiger partial charge in [-0.25, -0.2) is 0 Å². The number of aliphatic hydroxyl groups is 11. The maximum atomic E-state index is 13.1. The van der Waals surface area contributed by atoms with E-state index >= 15 is 0 Å². The predicted molar refractivity (Wildman–Crippen MR) is 318 cm³/mol. The fourth-order valence-electron chi connectivity index (χ4n) is 9.34. The van der Waals surface area contributed by atoms with Crippen LogP contribution < -0.4 is 5.32 Å². The van der Waals surface area contributed by atoms with Gasteiger partial charge in [0.1, 0.15) is 73.2 Å². The van der Waals surface area contributed by atoms with Crippen LogP contribution in [0.2, 0.25) is 0 Å². The molecule has 0 aliphatic carbocycles. The second-order valence-electron chi connectivity index (χ2n) is 21.1. The van der Waals surface area contributed by atoms with Gasteiger partial charge in [0.05, 0.1) is 38.6 Å². The van der Waals surface area contributed by atoms with E-state index in [4.69, 9.17) is 28.4 Å². The topological polar surface area (TPSA) is 307 Å². The average molecular weight is 1170 g/mol. The minimum atomic E-state index is -1.98. The molecule has 3 fully saturated rings. The number of carbonyl (C=O) groups excluding carboxylic acids is 1. The molecule has 472 valence electrons. The Morgan fingerprint density at radius 3 is 1.27 bits per heavy atom. The third-order valence-corrected chi connectivity index (χ3v) is 14.3. The molecule has 0 aromatic rings.